The Labute approximate surface area is 215 Å². The summed E-state index contributed by atoms with van der Waals surface area (Å²) in [4.78, 5) is 44.9. The average molecular weight is 515 g/mol. The number of fused-ring (bicyclic) bond motifs is 2. The molecule has 8 nitrogen and oxygen atoms in total. The number of amides is 2. The number of likely N-dealkylation sites (tertiary alicyclic amines) is 1. The number of halogens is 1. The number of anilines is 1. The highest BCUT2D eigenvalue weighted by Crippen LogP contribution is 2.58. The normalized spacial score (nSPS) is 35.0. The number of esters is 1. The molecule has 0 bridgehead atoms. The summed E-state index contributed by atoms with van der Waals surface area (Å²) >= 11 is 6.48. The first-order chi connectivity index (χ1) is 17.2. The van der Waals surface area contributed by atoms with Crippen LogP contribution in [0.15, 0.2) is 48.6 Å². The van der Waals surface area contributed by atoms with Gasteiger partial charge in [0, 0.05) is 6.54 Å². The molecule has 0 aromatic heterocycles. The number of aliphatic hydroxyl groups excluding tert-OH is 1. The van der Waals surface area contributed by atoms with E-state index in [0.717, 1.165) is 0 Å². The van der Waals surface area contributed by atoms with Crippen molar-refractivity contribution < 1.29 is 29.0 Å². The summed E-state index contributed by atoms with van der Waals surface area (Å²) < 4.78 is 12.1. The fraction of sp³-hybridized carbons (Fsp3) is 0.519. The second-order valence-corrected chi connectivity index (χ2v) is 10.6. The van der Waals surface area contributed by atoms with Crippen LogP contribution in [-0.2, 0) is 23.9 Å². The summed E-state index contributed by atoms with van der Waals surface area (Å²) in [5, 5.41) is 10.8. The fourth-order valence-electron chi connectivity index (χ4n) is 6.35. The molecule has 4 heterocycles. The van der Waals surface area contributed by atoms with Crippen LogP contribution in [0.2, 0.25) is 5.02 Å². The number of benzene rings is 1. The van der Waals surface area contributed by atoms with Crippen LogP contribution in [0.5, 0.6) is 0 Å². The predicted octanol–water partition coefficient (Wildman–Crippen LogP) is 2.73. The molecule has 1 unspecified atom stereocenters. The molecule has 4 aliphatic rings. The van der Waals surface area contributed by atoms with Crippen molar-refractivity contribution in [3.05, 3.63) is 53.6 Å². The van der Waals surface area contributed by atoms with Crippen molar-refractivity contribution in [3.8, 4) is 0 Å². The van der Waals surface area contributed by atoms with Crippen LogP contribution < -0.4 is 4.90 Å². The van der Waals surface area contributed by atoms with E-state index in [9.17, 15) is 19.5 Å². The second-order valence-electron chi connectivity index (χ2n) is 10.2. The second kappa shape index (κ2) is 9.01. The van der Waals surface area contributed by atoms with Crippen LogP contribution in [0.3, 0.4) is 0 Å². The van der Waals surface area contributed by atoms with Crippen LogP contribution in [0.1, 0.15) is 27.2 Å². The summed E-state index contributed by atoms with van der Waals surface area (Å²) in [5.41, 5.74) is -2.03. The maximum atomic E-state index is 14.4. The molecule has 5 rings (SSSR count). The molecule has 192 valence electrons. The van der Waals surface area contributed by atoms with E-state index in [1.807, 2.05) is 13.8 Å². The number of hydrogen-bond donors (Lipinski definition) is 1. The third kappa shape index (κ3) is 3.45. The molecule has 0 radical (unpaired) electrons. The smallest absolute Gasteiger partial charge is 0.313 e. The Kier molecular flexibility index (Phi) is 6.25. The van der Waals surface area contributed by atoms with E-state index in [1.54, 1.807) is 60.4 Å². The molecular weight excluding hydrogens is 484 g/mol. The van der Waals surface area contributed by atoms with Crippen molar-refractivity contribution in [2.24, 2.45) is 17.8 Å². The van der Waals surface area contributed by atoms with Gasteiger partial charge in [0.2, 0.25) is 5.91 Å². The number of para-hydroxylation sites is 1. The number of nitrogens with zero attached hydrogens (tertiary/aromatic N) is 2. The Balaban J connectivity index is 1.71. The average Bonchev–Trinajstić information content (AvgIpc) is 3.11. The van der Waals surface area contributed by atoms with Crippen LogP contribution >= 0.6 is 11.6 Å². The molecule has 2 fully saturated rings. The molecular formula is C27H31ClN2O6. The molecule has 2 amide bonds. The minimum Gasteiger partial charge on any atom is -0.461 e. The van der Waals surface area contributed by atoms with Gasteiger partial charge in [-0.25, -0.2) is 0 Å². The van der Waals surface area contributed by atoms with Gasteiger partial charge in [0.1, 0.15) is 24.2 Å². The van der Waals surface area contributed by atoms with Crippen LogP contribution in [0.4, 0.5) is 5.69 Å². The van der Waals surface area contributed by atoms with Gasteiger partial charge in [0.25, 0.3) is 5.91 Å². The molecule has 1 spiro atoms. The van der Waals surface area contributed by atoms with Gasteiger partial charge < -0.3 is 24.4 Å². The van der Waals surface area contributed by atoms with Gasteiger partial charge >= 0.3 is 5.97 Å². The summed E-state index contributed by atoms with van der Waals surface area (Å²) in [6.07, 6.45) is 7.72. The Morgan fingerprint density at radius 1 is 1.14 bits per heavy atom. The largest absolute Gasteiger partial charge is 0.461 e. The van der Waals surface area contributed by atoms with E-state index in [1.165, 1.54) is 4.90 Å². The molecule has 0 aliphatic carbocycles. The maximum Gasteiger partial charge on any atom is 0.313 e. The van der Waals surface area contributed by atoms with Gasteiger partial charge in [0.15, 0.2) is 0 Å². The SMILES string of the molecule is CC[C@H](C)[C@H](CO)N1C(=O)[C@@H]2[C@@H]3C(=O)OCC=C[C@]3(C)O[C@@]23C=CCN(c2ccccc2Cl)C(=O)C13. The molecule has 1 aromatic carbocycles. The monoisotopic (exact) mass is 514 g/mol. The van der Waals surface area contributed by atoms with Gasteiger partial charge in [-0.05, 0) is 31.1 Å². The van der Waals surface area contributed by atoms with Gasteiger partial charge in [-0.2, -0.15) is 0 Å². The zero-order chi connectivity index (χ0) is 25.8. The standard InChI is InChI=1S/C27H31ClN2O6/c1-4-16(2)19(15-31)30-22-24(33)29(18-10-6-5-9-17(18)28)13-7-12-27(22)20(23(30)32)21-25(34)35-14-8-11-26(21,3)36-27/h5-12,16,19-22,31H,4,13-15H2,1-3H3/t16-,19-,20-,21+,22?,26-,27-/m0/s1. The van der Waals surface area contributed by atoms with Gasteiger partial charge in [-0.15, -0.1) is 0 Å². The first kappa shape index (κ1) is 25.0. The lowest BCUT2D eigenvalue weighted by Gasteiger charge is -2.41. The zero-order valence-electron chi connectivity index (χ0n) is 20.6. The molecule has 4 aliphatic heterocycles. The van der Waals surface area contributed by atoms with Gasteiger partial charge in [0.05, 0.1) is 34.9 Å². The molecule has 36 heavy (non-hydrogen) atoms. The highest BCUT2D eigenvalue weighted by Gasteiger charge is 2.75. The third-order valence-electron chi connectivity index (χ3n) is 8.24. The van der Waals surface area contributed by atoms with Gasteiger partial charge in [-0.1, -0.05) is 62.2 Å². The first-order valence-electron chi connectivity index (χ1n) is 12.4. The first-order valence-corrected chi connectivity index (χ1v) is 12.8. The number of hydrogen-bond acceptors (Lipinski definition) is 6. The lowest BCUT2D eigenvalue weighted by Crippen LogP contribution is -2.60. The summed E-state index contributed by atoms with van der Waals surface area (Å²) in [6.45, 7) is 5.65. The molecule has 7 atom stereocenters. The molecule has 1 N–H and O–H groups in total. The van der Waals surface area contributed by atoms with Crippen LogP contribution in [0, 0.1) is 17.8 Å². The van der Waals surface area contributed by atoms with E-state index < -0.39 is 41.1 Å². The third-order valence-corrected chi connectivity index (χ3v) is 8.56. The van der Waals surface area contributed by atoms with Crippen molar-refractivity contribution >= 4 is 35.1 Å². The topological polar surface area (TPSA) is 96.4 Å². The number of cyclic esters (lactones) is 1. The molecule has 1 aromatic rings. The van der Waals surface area contributed by atoms with E-state index in [-0.39, 0.29) is 37.5 Å². The minimum atomic E-state index is -1.41. The fourth-order valence-corrected chi connectivity index (χ4v) is 6.59. The summed E-state index contributed by atoms with van der Waals surface area (Å²) in [7, 11) is 0. The van der Waals surface area contributed by atoms with Crippen molar-refractivity contribution in [2.45, 2.75) is 50.5 Å². The number of aliphatic hydroxyl groups is 1. The maximum absolute atomic E-state index is 14.4. The highest BCUT2D eigenvalue weighted by atomic mass is 35.5. The van der Waals surface area contributed by atoms with Crippen molar-refractivity contribution in [3.63, 3.8) is 0 Å². The predicted molar refractivity (Wildman–Crippen MR) is 133 cm³/mol. The summed E-state index contributed by atoms with van der Waals surface area (Å²) in [6, 6.07) is 5.30. The number of ether oxygens (including phenoxy) is 2. The Morgan fingerprint density at radius 3 is 2.58 bits per heavy atom. The van der Waals surface area contributed by atoms with E-state index >= 15 is 0 Å². The van der Waals surface area contributed by atoms with Crippen molar-refractivity contribution in [1.29, 1.82) is 0 Å². The van der Waals surface area contributed by atoms with Crippen LogP contribution in [-0.4, -0.2) is 70.8 Å². The summed E-state index contributed by atoms with van der Waals surface area (Å²) in [5.74, 6) is -3.31. The van der Waals surface area contributed by atoms with Crippen LogP contribution in [0.25, 0.3) is 0 Å². The van der Waals surface area contributed by atoms with E-state index in [4.69, 9.17) is 21.1 Å². The number of carbonyl (C=O) groups excluding carboxylic acids is 3. The Morgan fingerprint density at radius 2 is 1.89 bits per heavy atom. The molecule has 0 saturated carbocycles. The van der Waals surface area contributed by atoms with Crippen molar-refractivity contribution in [1.82, 2.24) is 4.90 Å². The van der Waals surface area contributed by atoms with E-state index in [0.29, 0.717) is 17.1 Å². The lowest BCUT2D eigenvalue weighted by molar-refractivity contribution is -0.158. The highest BCUT2D eigenvalue weighted by molar-refractivity contribution is 6.34. The van der Waals surface area contributed by atoms with E-state index in [2.05, 4.69) is 0 Å². The van der Waals surface area contributed by atoms with Gasteiger partial charge in [-0.3, -0.25) is 14.4 Å². The van der Waals surface area contributed by atoms with Crippen molar-refractivity contribution in [2.75, 3.05) is 24.7 Å². The number of rotatable bonds is 5. The lowest BCUT2D eigenvalue weighted by atomic mass is 9.75. The Bertz CT molecular complexity index is 1150. The Hall–Kier alpha value is -2.68. The minimum absolute atomic E-state index is 0.0938. The number of carbonyl (C=O) groups is 3. The molecule has 2 saturated heterocycles. The molecule has 9 heteroatoms. The quantitative estimate of drug-likeness (QED) is 0.479. The zero-order valence-corrected chi connectivity index (χ0v) is 21.4.